The number of phenolic OH excluding ortho intramolecular Hbond substituents is 2. The molecule has 2 heterocycles. The molecule has 28 heteroatoms. The molecule has 0 fully saturated rings. The van der Waals surface area contributed by atoms with Crippen molar-refractivity contribution in [3.05, 3.63) is 137 Å². The van der Waals surface area contributed by atoms with E-state index in [0.717, 1.165) is 33.6 Å². The molecule has 0 amide bonds. The first-order chi connectivity index (χ1) is 27.1. The van der Waals surface area contributed by atoms with Crippen LogP contribution in [0.15, 0.2) is 125 Å². The second-order valence-corrected chi connectivity index (χ2v) is 14.8. The molecule has 306 valence electrons. The van der Waals surface area contributed by atoms with Gasteiger partial charge in [-0.2, -0.15) is 10.2 Å². The van der Waals surface area contributed by atoms with Crippen molar-refractivity contribution in [2.24, 2.45) is 30.7 Å². The van der Waals surface area contributed by atoms with Crippen molar-refractivity contribution in [1.82, 2.24) is 19.6 Å². The van der Waals surface area contributed by atoms with Gasteiger partial charge in [0, 0.05) is 53.8 Å². The Balaban J connectivity index is 0.000000310. The molecule has 4 aromatic carbocycles. The van der Waals surface area contributed by atoms with Crippen molar-refractivity contribution in [2.75, 3.05) is 0 Å². The van der Waals surface area contributed by atoms with Crippen LogP contribution in [0.5, 0.6) is 11.5 Å². The van der Waals surface area contributed by atoms with E-state index in [1.54, 1.807) is 0 Å². The number of aromatic hydroxyl groups is 2. The minimum absolute atomic E-state index is 0. The first-order valence-corrected chi connectivity index (χ1v) is 18.8. The molecular weight excluding hydrogens is 884 g/mol. The van der Waals surface area contributed by atoms with Gasteiger partial charge in [0.1, 0.15) is 34.0 Å². The third-order valence-corrected chi connectivity index (χ3v) is 9.43. The van der Waals surface area contributed by atoms with Crippen LogP contribution in [-0.4, -0.2) is 56.5 Å². The molecule has 0 saturated carbocycles. The van der Waals surface area contributed by atoms with E-state index in [4.69, 9.17) is 10.3 Å². The quantitative estimate of drug-likeness (QED) is 0.0487. The summed E-state index contributed by atoms with van der Waals surface area (Å²) in [6, 6.07) is 17.1. The Morgan fingerprint density at radius 2 is 1.00 bits per heavy atom. The summed E-state index contributed by atoms with van der Waals surface area (Å²) in [7, 11) is -8.01. The summed E-state index contributed by atoms with van der Waals surface area (Å²) in [5.41, 5.74) is -1.51. The fraction of sp³-hybridized carbons (Fsp3) is 0.0625. The molecule has 2 aromatic heterocycles. The van der Waals surface area contributed by atoms with Crippen LogP contribution >= 0.6 is 0 Å². The van der Waals surface area contributed by atoms with Crippen LogP contribution in [0.25, 0.3) is 11.4 Å². The average Bonchev–Trinajstić information content (AvgIpc) is 3.61. The summed E-state index contributed by atoms with van der Waals surface area (Å²) >= 11 is 0. The molecule has 0 bridgehead atoms. The number of nitro groups is 2. The summed E-state index contributed by atoms with van der Waals surface area (Å²) in [6.07, 6.45) is 0. The Bertz CT molecular complexity index is 2830. The number of nitro benzene ring substituents is 2. The zero-order valence-corrected chi connectivity index (χ0v) is 35.8. The molecule has 0 spiro atoms. The van der Waals surface area contributed by atoms with Crippen LogP contribution in [0.4, 0.5) is 34.1 Å². The van der Waals surface area contributed by atoms with Gasteiger partial charge in [0.2, 0.25) is 20.0 Å². The number of non-ortho nitro benzene ring substituents is 2. The predicted octanol–water partition coefficient (Wildman–Crippen LogP) is 0.874. The van der Waals surface area contributed by atoms with Crippen molar-refractivity contribution in [3.8, 4) is 22.9 Å². The number of hydrogen-bond acceptors (Lipinski definition) is 18. The first kappa shape index (κ1) is 48.2. The van der Waals surface area contributed by atoms with Crippen LogP contribution in [0, 0.1) is 34.1 Å². The molecule has 0 atom stereocenters. The van der Waals surface area contributed by atoms with Gasteiger partial charge in [-0.15, -0.1) is 11.4 Å². The van der Waals surface area contributed by atoms with Gasteiger partial charge in [0.15, 0.2) is 0 Å². The van der Waals surface area contributed by atoms with Crippen molar-refractivity contribution < 1.29 is 83.8 Å². The summed E-state index contributed by atoms with van der Waals surface area (Å²) in [5, 5.41) is 74.7. The number of aryl methyl sites for hydroxylation is 2. The van der Waals surface area contributed by atoms with Crippen molar-refractivity contribution in [2.45, 2.75) is 23.6 Å². The van der Waals surface area contributed by atoms with Crippen LogP contribution in [-0.2, 0) is 37.4 Å². The van der Waals surface area contributed by atoms with Crippen molar-refractivity contribution in [1.29, 1.82) is 0 Å². The molecule has 24 nitrogen and oxygen atoms in total. The summed E-state index contributed by atoms with van der Waals surface area (Å²) < 4.78 is 47.0. The number of aromatic nitrogens is 4. The number of primary sulfonamides is 2. The van der Waals surface area contributed by atoms with Gasteiger partial charge in [-0.05, 0) is 36.4 Å². The van der Waals surface area contributed by atoms with Gasteiger partial charge in [0.25, 0.3) is 11.4 Å². The van der Waals surface area contributed by atoms with Gasteiger partial charge in [-0.1, -0.05) is 37.4 Å². The van der Waals surface area contributed by atoms with Gasteiger partial charge >= 0.3 is 29.6 Å². The molecule has 0 unspecified atom stereocenters. The molecule has 0 saturated heterocycles. The van der Waals surface area contributed by atoms with E-state index in [2.05, 4.69) is 30.7 Å². The van der Waals surface area contributed by atoms with Gasteiger partial charge in [-0.25, -0.2) is 46.7 Å². The topological polar surface area (TPSA) is 366 Å². The monoisotopic (exact) mass is 909 g/mol. The summed E-state index contributed by atoms with van der Waals surface area (Å²) in [4.78, 5) is 45.2. The van der Waals surface area contributed by atoms with E-state index in [1.165, 1.54) is 74.5 Å². The molecule has 6 N–H and O–H groups in total. The fourth-order valence-electron chi connectivity index (χ4n) is 4.79. The van der Waals surface area contributed by atoms with Crippen molar-refractivity contribution >= 4 is 54.2 Å². The maximum atomic E-state index is 12.6. The maximum absolute atomic E-state index is 12.6. The van der Waals surface area contributed by atoms with Crippen molar-refractivity contribution in [3.63, 3.8) is 0 Å². The SMILES string of the molecule is Cc1nn(-c2cccc([N+](=O)[O-])c2)c(=O)[c-]1N=Nc1ccc(S(N)(=O)=O)cc1O.Cc1nn(-c2cccc([N+](=O)[O-])c2)c(=O)[c-]1N=Nc1ccc(S(N)(=O)=O)cc1O.[Cr].[Na+]. The number of rotatable bonds is 10. The normalized spacial score (nSPS) is 11.4. The fourth-order valence-corrected chi connectivity index (χ4v) is 5.86. The van der Waals surface area contributed by atoms with Gasteiger partial charge in [-0.3, -0.25) is 20.2 Å². The molecule has 0 aliphatic carbocycles. The second-order valence-electron chi connectivity index (χ2n) is 11.6. The Morgan fingerprint density at radius 1 is 0.650 bits per heavy atom. The van der Waals surface area contributed by atoms with E-state index in [1.807, 2.05) is 0 Å². The second kappa shape index (κ2) is 19.3. The smallest absolute Gasteiger partial charge is 0.506 e. The summed E-state index contributed by atoms with van der Waals surface area (Å²) in [6.45, 7) is 2.99. The molecule has 60 heavy (non-hydrogen) atoms. The molecular formula is C32H26CrN12NaO12S2-. The number of phenols is 2. The van der Waals surface area contributed by atoms with E-state index < -0.39 is 52.5 Å². The largest absolute Gasteiger partial charge is 1.00 e. The van der Waals surface area contributed by atoms with E-state index in [-0.39, 0.29) is 114 Å². The summed E-state index contributed by atoms with van der Waals surface area (Å²) in [5.74, 6) is -1.01. The standard InChI is InChI=1S/2C16H13N6O6S.Cr.Na/c2*1-9-15(19-18-13-6-5-12(8-14(13)23)29(17,27)28)16(24)21(20-9)10-3-2-4-11(7-10)22(25)26;;/h2*2-8,23H,1H3,(H2,17,27,28);;/q2*-1;;+1. The van der Waals surface area contributed by atoms with E-state index in [0.29, 0.717) is 0 Å². The average molecular weight is 910 g/mol. The number of nitrogens with two attached hydrogens (primary N) is 2. The molecule has 6 rings (SSSR count). The van der Waals surface area contributed by atoms with Crippen LogP contribution in [0.1, 0.15) is 11.4 Å². The number of benzene rings is 4. The Morgan fingerprint density at radius 3 is 1.30 bits per heavy atom. The Labute approximate surface area is 369 Å². The van der Waals surface area contributed by atoms with E-state index >= 15 is 0 Å². The molecule has 0 aliphatic heterocycles. The zero-order chi connectivity index (χ0) is 42.7. The van der Waals surface area contributed by atoms with Crippen LogP contribution in [0.2, 0.25) is 0 Å². The van der Waals surface area contributed by atoms with Gasteiger partial charge < -0.3 is 30.0 Å². The van der Waals surface area contributed by atoms with Crippen LogP contribution in [0.3, 0.4) is 0 Å². The predicted molar refractivity (Wildman–Crippen MR) is 201 cm³/mol. The minimum atomic E-state index is -4.00. The third-order valence-electron chi connectivity index (χ3n) is 7.61. The first-order valence-electron chi connectivity index (χ1n) is 15.7. The minimum Gasteiger partial charge on any atom is -0.506 e. The number of hydrogen-bond donors (Lipinski definition) is 4. The Hall–Kier alpha value is -6.15. The maximum Gasteiger partial charge on any atom is 1.00 e. The van der Waals surface area contributed by atoms with Crippen LogP contribution < -0.4 is 51.0 Å². The molecule has 0 aliphatic rings. The number of azo groups is 2. The Kier molecular flexibility index (Phi) is 15.5. The third kappa shape index (κ3) is 11.1. The molecule has 0 radical (unpaired) electrons. The number of sulfonamides is 2. The van der Waals surface area contributed by atoms with Gasteiger partial charge in [0.05, 0.1) is 31.0 Å². The number of nitrogens with zero attached hydrogens (tertiary/aromatic N) is 10. The van der Waals surface area contributed by atoms with E-state index in [9.17, 15) is 56.9 Å². The zero-order valence-electron chi connectivity index (χ0n) is 30.9. The molecule has 6 aromatic rings.